The zero-order valence-electron chi connectivity index (χ0n) is 29.5. The van der Waals surface area contributed by atoms with Crippen molar-refractivity contribution in [3.05, 3.63) is 187 Å². The number of aromatic nitrogens is 3. The molecule has 0 saturated heterocycles. The fourth-order valence-corrected chi connectivity index (χ4v) is 9.59. The van der Waals surface area contributed by atoms with E-state index >= 15 is 0 Å². The van der Waals surface area contributed by atoms with E-state index in [-0.39, 0.29) is 5.92 Å². The first-order valence-electron chi connectivity index (χ1n) is 18.9. The number of benzene rings is 8. The van der Waals surface area contributed by atoms with Crippen LogP contribution in [0.1, 0.15) is 29.3 Å². The molecule has 0 bridgehead atoms. The van der Waals surface area contributed by atoms with Crippen LogP contribution in [0, 0.1) is 0 Å². The minimum absolute atomic E-state index is 0.0114. The molecule has 12 rings (SSSR count). The van der Waals surface area contributed by atoms with E-state index in [4.69, 9.17) is 9.97 Å². The van der Waals surface area contributed by atoms with E-state index in [9.17, 15) is 0 Å². The summed E-state index contributed by atoms with van der Waals surface area (Å²) in [5, 5.41) is 8.78. The molecule has 8 aromatic carbocycles. The Hall–Kier alpha value is -6.84. The van der Waals surface area contributed by atoms with Gasteiger partial charge in [0.2, 0.25) is 0 Å². The number of hydrogen-bond acceptors (Lipinski definition) is 2. The maximum absolute atomic E-state index is 5.52. The van der Waals surface area contributed by atoms with Crippen molar-refractivity contribution in [3.8, 4) is 33.5 Å². The lowest BCUT2D eigenvalue weighted by molar-refractivity contribution is 0.689. The first-order valence-corrected chi connectivity index (χ1v) is 18.9. The van der Waals surface area contributed by atoms with E-state index in [1.165, 1.54) is 82.2 Å². The molecule has 0 unspecified atom stereocenters. The SMILES string of the molecule is c1ccc(-c2nc([C@@H]3CCc4ccccc4-c4cc5c6ccc(-c7cccc8ccccc78)cc6n6c7ccccc7c(c43)c56)nc3ccccc23)cc1. The Morgan fingerprint density at radius 1 is 0.481 bits per heavy atom. The molecule has 0 aliphatic heterocycles. The van der Waals surface area contributed by atoms with Gasteiger partial charge in [-0.25, -0.2) is 9.97 Å². The lowest BCUT2D eigenvalue weighted by Gasteiger charge is -2.20. The highest BCUT2D eigenvalue weighted by Gasteiger charge is 2.32. The highest BCUT2D eigenvalue weighted by atomic mass is 14.9. The van der Waals surface area contributed by atoms with E-state index < -0.39 is 0 Å². The Morgan fingerprint density at radius 3 is 2.15 bits per heavy atom. The second-order valence-electron chi connectivity index (χ2n) is 14.8. The van der Waals surface area contributed by atoms with Crippen LogP contribution in [0.2, 0.25) is 0 Å². The number of aryl methyl sites for hydroxylation is 1. The molecular formula is C51H33N3. The van der Waals surface area contributed by atoms with Gasteiger partial charge in [-0.2, -0.15) is 0 Å². The molecule has 252 valence electrons. The van der Waals surface area contributed by atoms with Gasteiger partial charge in [-0.1, -0.05) is 146 Å². The van der Waals surface area contributed by atoms with Gasteiger partial charge in [-0.3, -0.25) is 0 Å². The highest BCUT2D eigenvalue weighted by Crippen LogP contribution is 2.51. The van der Waals surface area contributed by atoms with Gasteiger partial charge >= 0.3 is 0 Å². The van der Waals surface area contributed by atoms with Crippen LogP contribution in [0.15, 0.2) is 170 Å². The summed E-state index contributed by atoms with van der Waals surface area (Å²) in [6, 6.07) is 62.0. The molecule has 3 nitrogen and oxygen atoms in total. The molecule has 0 N–H and O–H groups in total. The molecule has 3 heteroatoms. The summed E-state index contributed by atoms with van der Waals surface area (Å²) < 4.78 is 2.54. The molecule has 11 aromatic rings. The minimum atomic E-state index is -0.0114. The third-order valence-corrected chi connectivity index (χ3v) is 11.9. The summed E-state index contributed by atoms with van der Waals surface area (Å²) in [6.45, 7) is 0. The molecule has 3 aromatic heterocycles. The predicted molar refractivity (Wildman–Crippen MR) is 225 cm³/mol. The molecule has 0 fully saturated rings. The van der Waals surface area contributed by atoms with Crippen LogP contribution in [-0.4, -0.2) is 14.4 Å². The van der Waals surface area contributed by atoms with Crippen molar-refractivity contribution in [2.75, 3.05) is 0 Å². The van der Waals surface area contributed by atoms with Gasteiger partial charge in [0, 0.05) is 38.4 Å². The first kappa shape index (κ1) is 29.7. The Morgan fingerprint density at radius 2 is 1.22 bits per heavy atom. The van der Waals surface area contributed by atoms with Crippen molar-refractivity contribution in [1.82, 2.24) is 14.4 Å². The third-order valence-electron chi connectivity index (χ3n) is 11.9. The van der Waals surface area contributed by atoms with Gasteiger partial charge in [-0.05, 0) is 81.3 Å². The van der Waals surface area contributed by atoms with Crippen molar-refractivity contribution in [3.63, 3.8) is 0 Å². The number of fused-ring (bicyclic) bond motifs is 12. The van der Waals surface area contributed by atoms with Crippen LogP contribution in [0.5, 0.6) is 0 Å². The molecule has 0 spiro atoms. The monoisotopic (exact) mass is 687 g/mol. The van der Waals surface area contributed by atoms with Crippen molar-refractivity contribution in [1.29, 1.82) is 0 Å². The number of nitrogens with zero attached hydrogens (tertiary/aromatic N) is 3. The molecule has 1 atom stereocenters. The maximum Gasteiger partial charge on any atom is 0.137 e. The summed E-state index contributed by atoms with van der Waals surface area (Å²) in [6.07, 6.45) is 1.87. The first-order chi connectivity index (χ1) is 26.8. The fraction of sp³-hybridized carbons (Fsp3) is 0.0588. The standard InChI is InChI=1S/C51H33N3/c1-2-15-33(16-3-1)49-39-20-8-10-23-44(39)52-51(53-49)41-28-25-32-14-5-7-19-36(32)42-30-43-38-27-26-34(37-22-12-17-31-13-4-6-18-35(31)37)29-46(38)54-45-24-11-9-21-40(45)48(47(41)42)50(43)54/h1-24,26-27,29-30,41H,25,28H2/t41-/m1/s1. The van der Waals surface area contributed by atoms with E-state index in [0.29, 0.717) is 0 Å². The topological polar surface area (TPSA) is 30.2 Å². The molecule has 1 aliphatic carbocycles. The van der Waals surface area contributed by atoms with Crippen LogP contribution >= 0.6 is 0 Å². The van der Waals surface area contributed by atoms with E-state index in [1.807, 2.05) is 0 Å². The normalized spacial score (nSPS) is 14.3. The average Bonchev–Trinajstić information content (AvgIpc) is 3.69. The molecular weight excluding hydrogens is 655 g/mol. The molecule has 3 heterocycles. The number of hydrogen-bond donors (Lipinski definition) is 0. The second kappa shape index (κ2) is 11.3. The zero-order valence-corrected chi connectivity index (χ0v) is 29.5. The fourth-order valence-electron chi connectivity index (χ4n) is 9.59. The third kappa shape index (κ3) is 4.18. The zero-order chi connectivity index (χ0) is 35.3. The number of rotatable bonds is 3. The Labute approximate surface area is 312 Å². The van der Waals surface area contributed by atoms with Gasteiger partial charge in [0.1, 0.15) is 5.82 Å². The lowest BCUT2D eigenvalue weighted by atomic mass is 9.85. The summed E-state index contributed by atoms with van der Waals surface area (Å²) in [5.74, 6) is 0.880. The van der Waals surface area contributed by atoms with Crippen molar-refractivity contribution >= 4 is 59.8 Å². The largest absolute Gasteiger partial charge is 0.308 e. The van der Waals surface area contributed by atoms with E-state index in [0.717, 1.165) is 40.8 Å². The van der Waals surface area contributed by atoms with Crippen LogP contribution in [0.4, 0.5) is 0 Å². The molecule has 0 radical (unpaired) electrons. The van der Waals surface area contributed by atoms with Crippen LogP contribution in [0.25, 0.3) is 93.3 Å². The van der Waals surface area contributed by atoms with Crippen molar-refractivity contribution in [2.24, 2.45) is 0 Å². The van der Waals surface area contributed by atoms with Gasteiger partial charge in [0.15, 0.2) is 0 Å². The maximum atomic E-state index is 5.52. The van der Waals surface area contributed by atoms with Crippen LogP contribution in [0.3, 0.4) is 0 Å². The summed E-state index contributed by atoms with van der Waals surface area (Å²) in [7, 11) is 0. The predicted octanol–water partition coefficient (Wildman–Crippen LogP) is 13.0. The van der Waals surface area contributed by atoms with E-state index in [1.54, 1.807) is 0 Å². The molecule has 0 amide bonds. The Bertz CT molecular complexity index is 3280. The highest BCUT2D eigenvalue weighted by molar-refractivity contribution is 6.26. The summed E-state index contributed by atoms with van der Waals surface area (Å²) in [5.41, 5.74) is 14.7. The smallest absolute Gasteiger partial charge is 0.137 e. The van der Waals surface area contributed by atoms with Gasteiger partial charge < -0.3 is 4.40 Å². The second-order valence-corrected chi connectivity index (χ2v) is 14.8. The van der Waals surface area contributed by atoms with Crippen LogP contribution < -0.4 is 0 Å². The van der Waals surface area contributed by atoms with Gasteiger partial charge in [0.25, 0.3) is 0 Å². The van der Waals surface area contributed by atoms with Crippen molar-refractivity contribution in [2.45, 2.75) is 18.8 Å². The average molecular weight is 688 g/mol. The summed E-state index contributed by atoms with van der Waals surface area (Å²) >= 11 is 0. The Balaban J connectivity index is 1.20. The Kier molecular flexibility index (Phi) is 6.23. The van der Waals surface area contributed by atoms with Crippen LogP contribution in [-0.2, 0) is 6.42 Å². The number of para-hydroxylation sites is 2. The van der Waals surface area contributed by atoms with Gasteiger partial charge in [0.05, 0.1) is 27.8 Å². The quantitative estimate of drug-likeness (QED) is 0.185. The lowest BCUT2D eigenvalue weighted by Crippen LogP contribution is -2.09. The van der Waals surface area contributed by atoms with Crippen molar-refractivity contribution < 1.29 is 0 Å². The molecule has 1 aliphatic rings. The molecule has 54 heavy (non-hydrogen) atoms. The summed E-state index contributed by atoms with van der Waals surface area (Å²) in [4.78, 5) is 10.9. The van der Waals surface area contributed by atoms with E-state index in [2.05, 4.69) is 174 Å². The van der Waals surface area contributed by atoms with Gasteiger partial charge in [-0.15, -0.1) is 0 Å². The molecule has 0 saturated carbocycles. The minimum Gasteiger partial charge on any atom is -0.308 e.